The van der Waals surface area contributed by atoms with Gasteiger partial charge in [0.05, 0.1) is 18.3 Å². The quantitative estimate of drug-likeness (QED) is 0.569. The van der Waals surface area contributed by atoms with Crippen LogP contribution in [-0.2, 0) is 9.47 Å². The van der Waals surface area contributed by atoms with Crippen LogP contribution in [0.1, 0.15) is 39.5 Å². The number of rotatable bonds is 5. The van der Waals surface area contributed by atoms with Crippen LogP contribution in [0.25, 0.3) is 0 Å². The Bertz CT molecular complexity index is 176. The molecule has 15 heavy (non-hydrogen) atoms. The van der Waals surface area contributed by atoms with E-state index in [0.29, 0.717) is 6.61 Å². The van der Waals surface area contributed by atoms with E-state index in [-0.39, 0.29) is 11.7 Å². The summed E-state index contributed by atoms with van der Waals surface area (Å²) in [6, 6.07) is 0. The monoisotopic (exact) mass is 326 g/mol. The van der Waals surface area contributed by atoms with Gasteiger partial charge in [0.1, 0.15) is 0 Å². The molecule has 1 unspecified atom stereocenters. The maximum Gasteiger partial charge on any atom is 0.0788 e. The van der Waals surface area contributed by atoms with Crippen LogP contribution in [0.2, 0.25) is 0 Å². The summed E-state index contributed by atoms with van der Waals surface area (Å²) in [5.74, 6) is 0.877. The van der Waals surface area contributed by atoms with Gasteiger partial charge in [0.15, 0.2) is 0 Å². The van der Waals surface area contributed by atoms with E-state index in [0.717, 1.165) is 10.3 Å². The molecule has 2 nitrogen and oxygen atoms in total. The van der Waals surface area contributed by atoms with Gasteiger partial charge in [-0.1, -0.05) is 29.5 Å². The third-order valence-electron chi connectivity index (χ3n) is 3.28. The first-order valence-electron chi connectivity index (χ1n) is 5.84. The molecule has 0 saturated heterocycles. The van der Waals surface area contributed by atoms with Crippen molar-refractivity contribution in [1.29, 1.82) is 0 Å². The number of methoxy groups -OCH3 is 1. The Balaban J connectivity index is 2.46. The molecule has 90 valence electrons. The fourth-order valence-corrected chi connectivity index (χ4v) is 3.21. The van der Waals surface area contributed by atoms with Crippen LogP contribution in [0.3, 0.4) is 0 Å². The van der Waals surface area contributed by atoms with Gasteiger partial charge in [0, 0.05) is 11.5 Å². The summed E-state index contributed by atoms with van der Waals surface area (Å²) in [4.78, 5) is 0. The number of alkyl halides is 1. The van der Waals surface area contributed by atoms with Crippen LogP contribution in [0.4, 0.5) is 0 Å². The Morgan fingerprint density at radius 1 is 1.40 bits per heavy atom. The predicted molar refractivity (Wildman–Crippen MR) is 71.7 cm³/mol. The SMILES string of the molecule is COCC(C)OC1(CI)CCC(C)CC1. The second-order valence-electron chi connectivity index (χ2n) is 4.88. The zero-order valence-corrected chi connectivity index (χ0v) is 12.2. The van der Waals surface area contributed by atoms with Gasteiger partial charge in [0.25, 0.3) is 0 Å². The first-order chi connectivity index (χ1) is 7.12. The van der Waals surface area contributed by atoms with E-state index in [2.05, 4.69) is 36.4 Å². The first kappa shape index (κ1) is 13.7. The molecule has 0 N–H and O–H groups in total. The third-order valence-corrected chi connectivity index (χ3v) is 4.67. The highest BCUT2D eigenvalue weighted by atomic mass is 127. The summed E-state index contributed by atoms with van der Waals surface area (Å²) < 4.78 is 12.4. The van der Waals surface area contributed by atoms with Gasteiger partial charge in [-0.05, 0) is 38.5 Å². The highest BCUT2D eigenvalue weighted by Gasteiger charge is 2.35. The van der Waals surface area contributed by atoms with Crippen molar-refractivity contribution in [3.8, 4) is 0 Å². The van der Waals surface area contributed by atoms with E-state index < -0.39 is 0 Å². The Morgan fingerprint density at radius 2 is 2.00 bits per heavy atom. The number of halogens is 1. The van der Waals surface area contributed by atoms with Crippen molar-refractivity contribution >= 4 is 22.6 Å². The standard InChI is InChI=1S/C12H23IO2/c1-10-4-6-12(9-13,7-5-10)15-11(2)8-14-3/h10-11H,4-9H2,1-3H3. The van der Waals surface area contributed by atoms with Crippen molar-refractivity contribution in [2.75, 3.05) is 18.1 Å². The average molecular weight is 326 g/mol. The molecule has 3 heteroatoms. The molecule has 0 bridgehead atoms. The van der Waals surface area contributed by atoms with Gasteiger partial charge >= 0.3 is 0 Å². The predicted octanol–water partition coefficient (Wildman–Crippen LogP) is 3.42. The van der Waals surface area contributed by atoms with Crippen LogP contribution in [-0.4, -0.2) is 29.8 Å². The summed E-state index contributed by atoms with van der Waals surface area (Å²) in [5.41, 5.74) is 0.130. The lowest BCUT2D eigenvalue weighted by atomic mass is 9.80. The Kier molecular flexibility index (Phi) is 5.85. The molecule has 0 heterocycles. The Hall–Kier alpha value is 0.650. The normalized spacial score (nSPS) is 34.0. The van der Waals surface area contributed by atoms with E-state index in [1.54, 1.807) is 7.11 Å². The van der Waals surface area contributed by atoms with Crippen molar-refractivity contribution in [2.45, 2.75) is 51.2 Å². The molecule has 0 amide bonds. The van der Waals surface area contributed by atoms with Crippen LogP contribution in [0.5, 0.6) is 0 Å². The van der Waals surface area contributed by atoms with Gasteiger partial charge < -0.3 is 9.47 Å². The van der Waals surface area contributed by atoms with Crippen LogP contribution in [0.15, 0.2) is 0 Å². The summed E-state index contributed by atoms with van der Waals surface area (Å²) in [6.07, 6.45) is 5.26. The van der Waals surface area contributed by atoms with E-state index in [1.165, 1.54) is 25.7 Å². The fourth-order valence-electron chi connectivity index (χ4n) is 2.27. The Labute approximate surface area is 107 Å². The molecule has 0 aromatic rings. The van der Waals surface area contributed by atoms with Gasteiger partial charge in [0.2, 0.25) is 0 Å². The van der Waals surface area contributed by atoms with Crippen molar-refractivity contribution in [2.24, 2.45) is 5.92 Å². The number of ether oxygens (including phenoxy) is 2. The van der Waals surface area contributed by atoms with Crippen LogP contribution < -0.4 is 0 Å². The van der Waals surface area contributed by atoms with E-state index >= 15 is 0 Å². The van der Waals surface area contributed by atoms with Gasteiger partial charge in [-0.15, -0.1) is 0 Å². The molecular formula is C12H23IO2. The molecule has 1 rings (SSSR count). The second-order valence-corrected chi connectivity index (χ2v) is 5.65. The van der Waals surface area contributed by atoms with E-state index in [1.807, 2.05) is 0 Å². The molecule has 1 saturated carbocycles. The zero-order valence-electron chi connectivity index (χ0n) is 10.1. The lowest BCUT2D eigenvalue weighted by molar-refractivity contribution is -0.114. The molecule has 1 aliphatic carbocycles. The van der Waals surface area contributed by atoms with E-state index in [4.69, 9.17) is 9.47 Å². The summed E-state index contributed by atoms with van der Waals surface area (Å²) in [6.45, 7) is 5.15. The number of hydrogen-bond acceptors (Lipinski definition) is 2. The van der Waals surface area contributed by atoms with Crippen molar-refractivity contribution in [1.82, 2.24) is 0 Å². The topological polar surface area (TPSA) is 18.5 Å². The summed E-state index contributed by atoms with van der Waals surface area (Å²) in [5, 5.41) is 0. The van der Waals surface area contributed by atoms with Crippen molar-refractivity contribution in [3.63, 3.8) is 0 Å². The Morgan fingerprint density at radius 3 is 2.47 bits per heavy atom. The third kappa shape index (κ3) is 4.19. The molecule has 0 spiro atoms. The van der Waals surface area contributed by atoms with Crippen molar-refractivity contribution in [3.05, 3.63) is 0 Å². The molecule has 0 aromatic carbocycles. The van der Waals surface area contributed by atoms with Gasteiger partial charge in [-0.25, -0.2) is 0 Å². The second kappa shape index (κ2) is 6.40. The van der Waals surface area contributed by atoms with Crippen LogP contribution in [0, 0.1) is 5.92 Å². The van der Waals surface area contributed by atoms with Crippen molar-refractivity contribution < 1.29 is 9.47 Å². The highest BCUT2D eigenvalue weighted by Crippen LogP contribution is 2.36. The minimum absolute atomic E-state index is 0.130. The molecule has 0 aliphatic heterocycles. The lowest BCUT2D eigenvalue weighted by Gasteiger charge is -2.40. The lowest BCUT2D eigenvalue weighted by Crippen LogP contribution is -2.42. The smallest absolute Gasteiger partial charge is 0.0788 e. The molecule has 1 atom stereocenters. The maximum atomic E-state index is 6.18. The average Bonchev–Trinajstić information content (AvgIpc) is 2.22. The zero-order chi connectivity index (χ0) is 11.3. The van der Waals surface area contributed by atoms with Crippen LogP contribution >= 0.6 is 22.6 Å². The first-order valence-corrected chi connectivity index (χ1v) is 7.37. The minimum Gasteiger partial charge on any atom is -0.382 e. The molecule has 0 radical (unpaired) electrons. The summed E-state index contributed by atoms with van der Waals surface area (Å²) >= 11 is 2.46. The van der Waals surface area contributed by atoms with Gasteiger partial charge in [-0.2, -0.15) is 0 Å². The maximum absolute atomic E-state index is 6.18. The van der Waals surface area contributed by atoms with Gasteiger partial charge in [-0.3, -0.25) is 0 Å². The largest absolute Gasteiger partial charge is 0.382 e. The number of hydrogen-bond donors (Lipinski definition) is 0. The minimum atomic E-state index is 0.130. The molecule has 1 aliphatic rings. The molecule has 0 aromatic heterocycles. The molecular weight excluding hydrogens is 303 g/mol. The highest BCUT2D eigenvalue weighted by molar-refractivity contribution is 14.1. The van der Waals surface area contributed by atoms with E-state index in [9.17, 15) is 0 Å². The fraction of sp³-hybridized carbons (Fsp3) is 1.00. The summed E-state index contributed by atoms with van der Waals surface area (Å²) in [7, 11) is 1.74. The molecule has 1 fully saturated rings.